The largest absolute Gasteiger partial charge is 0.483 e. The van der Waals surface area contributed by atoms with Crippen LogP contribution in [-0.4, -0.2) is 37.2 Å². The number of rotatable bonds is 7. The molecule has 1 atom stereocenters. The van der Waals surface area contributed by atoms with Gasteiger partial charge in [0.15, 0.2) is 6.61 Å². The standard InChI is InChI=1S/C31H26F4N2O4/c1-16-20-13-30(16,14-20)37-28(38)19-5-3-4-18(10-19)22-11-23-25(12-24(22)40-15-31(33,34)35)41-27(26(23)29(39)36-2)17-6-8-21(32)9-7-17/h3-12,16,20H,13-15H2,1-2H3,(H,36,39)(H,37,38)/t16-,20?,30?/m1/s1. The van der Waals surface area contributed by atoms with Crippen molar-refractivity contribution < 1.29 is 36.3 Å². The number of alkyl halides is 3. The Balaban J connectivity index is 1.46. The highest BCUT2D eigenvalue weighted by atomic mass is 19.4. The topological polar surface area (TPSA) is 80.6 Å². The van der Waals surface area contributed by atoms with Crippen molar-refractivity contribution in [3.8, 4) is 28.2 Å². The van der Waals surface area contributed by atoms with Crippen molar-refractivity contribution in [1.82, 2.24) is 10.6 Å². The minimum absolute atomic E-state index is 0.107. The second kappa shape index (κ2) is 9.64. The van der Waals surface area contributed by atoms with Gasteiger partial charge in [-0.05, 0) is 72.7 Å². The predicted octanol–water partition coefficient (Wildman–Crippen LogP) is 6.73. The van der Waals surface area contributed by atoms with Crippen LogP contribution >= 0.6 is 0 Å². The smallest absolute Gasteiger partial charge is 0.422 e. The summed E-state index contributed by atoms with van der Waals surface area (Å²) in [6.07, 6.45) is -2.71. The highest BCUT2D eigenvalue weighted by Gasteiger charge is 2.63. The lowest BCUT2D eigenvalue weighted by molar-refractivity contribution is -0.153. The minimum atomic E-state index is -4.61. The first-order valence-electron chi connectivity index (χ1n) is 13.2. The van der Waals surface area contributed by atoms with Gasteiger partial charge in [0.1, 0.15) is 22.9 Å². The molecular formula is C31H26F4N2O4. The number of halogens is 4. The van der Waals surface area contributed by atoms with E-state index in [1.807, 2.05) is 0 Å². The molecule has 2 N–H and O–H groups in total. The predicted molar refractivity (Wildman–Crippen MR) is 144 cm³/mol. The molecule has 10 heteroatoms. The monoisotopic (exact) mass is 566 g/mol. The van der Waals surface area contributed by atoms with E-state index in [1.165, 1.54) is 43.4 Å². The molecule has 2 bridgehead atoms. The summed E-state index contributed by atoms with van der Waals surface area (Å²) in [5, 5.41) is 6.01. The molecule has 7 rings (SSSR count). The number of hydrogen-bond acceptors (Lipinski definition) is 4. The van der Waals surface area contributed by atoms with Crippen molar-refractivity contribution in [2.75, 3.05) is 13.7 Å². The van der Waals surface area contributed by atoms with Gasteiger partial charge in [0.25, 0.3) is 11.8 Å². The van der Waals surface area contributed by atoms with Crippen LogP contribution in [0.1, 0.15) is 40.5 Å². The van der Waals surface area contributed by atoms with Gasteiger partial charge >= 0.3 is 6.18 Å². The Morgan fingerprint density at radius 1 is 1.02 bits per heavy atom. The molecule has 3 fully saturated rings. The Labute approximate surface area is 232 Å². The number of hydrogen-bond donors (Lipinski definition) is 2. The Bertz CT molecular complexity index is 1670. The van der Waals surface area contributed by atoms with Gasteiger partial charge in [-0.1, -0.05) is 19.1 Å². The van der Waals surface area contributed by atoms with Crippen LogP contribution in [0.15, 0.2) is 65.1 Å². The summed E-state index contributed by atoms with van der Waals surface area (Å²) in [6.45, 7) is 0.560. The molecule has 4 aromatic rings. The van der Waals surface area contributed by atoms with Gasteiger partial charge in [-0.2, -0.15) is 13.2 Å². The molecule has 0 unspecified atom stereocenters. The summed E-state index contributed by atoms with van der Waals surface area (Å²) in [4.78, 5) is 26.1. The zero-order chi connectivity index (χ0) is 29.1. The first kappa shape index (κ1) is 26.9. The van der Waals surface area contributed by atoms with Crippen LogP contribution in [0.4, 0.5) is 17.6 Å². The molecule has 212 valence electrons. The zero-order valence-corrected chi connectivity index (χ0v) is 22.2. The molecule has 41 heavy (non-hydrogen) atoms. The number of carbonyl (C=O) groups is 2. The van der Waals surface area contributed by atoms with Crippen LogP contribution < -0.4 is 15.4 Å². The van der Waals surface area contributed by atoms with E-state index in [0.717, 1.165) is 12.8 Å². The van der Waals surface area contributed by atoms with Gasteiger partial charge < -0.3 is 19.8 Å². The molecule has 1 heterocycles. The van der Waals surface area contributed by atoms with Gasteiger partial charge in [0.2, 0.25) is 0 Å². The molecule has 3 saturated carbocycles. The van der Waals surface area contributed by atoms with E-state index in [-0.39, 0.29) is 39.7 Å². The highest BCUT2D eigenvalue weighted by molar-refractivity contribution is 6.12. The van der Waals surface area contributed by atoms with Crippen molar-refractivity contribution >= 4 is 22.8 Å². The Morgan fingerprint density at radius 2 is 1.76 bits per heavy atom. The number of nitrogens with one attached hydrogen (secondary N) is 2. The number of carbonyl (C=O) groups excluding carboxylic acids is 2. The third kappa shape index (κ3) is 4.71. The maximum atomic E-state index is 13.6. The third-order valence-corrected chi connectivity index (χ3v) is 8.37. The molecular weight excluding hydrogens is 540 g/mol. The fourth-order valence-electron chi connectivity index (χ4n) is 5.86. The molecule has 3 aromatic carbocycles. The SMILES string of the molecule is CNC(=O)c1c(-c2ccc(F)cc2)oc2cc(OCC(F)(F)F)c(-c3cccc(C(=O)NC45CC(C4)[C@H]5C)c3)cc12. The number of furan rings is 1. The van der Waals surface area contributed by atoms with Crippen LogP contribution in [-0.2, 0) is 0 Å². The van der Waals surface area contributed by atoms with Gasteiger partial charge in [0.05, 0.1) is 5.56 Å². The molecule has 2 amide bonds. The van der Waals surface area contributed by atoms with Crippen LogP contribution in [0.5, 0.6) is 5.75 Å². The molecule has 6 nitrogen and oxygen atoms in total. The number of fused-ring (bicyclic) bond motifs is 1. The Hall–Kier alpha value is -4.34. The average molecular weight is 567 g/mol. The van der Waals surface area contributed by atoms with Crippen LogP contribution in [0.2, 0.25) is 0 Å². The summed E-state index contributed by atoms with van der Waals surface area (Å²) in [5.41, 5.74) is 1.48. The molecule has 0 saturated heterocycles. The van der Waals surface area contributed by atoms with Crippen molar-refractivity contribution in [2.24, 2.45) is 11.8 Å². The van der Waals surface area contributed by atoms with Gasteiger partial charge in [-0.3, -0.25) is 9.59 Å². The van der Waals surface area contributed by atoms with E-state index >= 15 is 0 Å². The second-order valence-corrected chi connectivity index (χ2v) is 10.8. The first-order valence-corrected chi connectivity index (χ1v) is 13.2. The number of ether oxygens (including phenoxy) is 1. The van der Waals surface area contributed by atoms with E-state index in [0.29, 0.717) is 33.9 Å². The summed E-state index contributed by atoms with van der Waals surface area (Å²) in [6, 6.07) is 14.7. The van der Waals surface area contributed by atoms with E-state index < -0.39 is 24.5 Å². The Kier molecular flexibility index (Phi) is 6.32. The maximum Gasteiger partial charge on any atom is 0.422 e. The molecule has 1 aromatic heterocycles. The third-order valence-electron chi connectivity index (χ3n) is 8.37. The van der Waals surface area contributed by atoms with Crippen molar-refractivity contribution in [3.63, 3.8) is 0 Å². The first-order chi connectivity index (χ1) is 19.5. The van der Waals surface area contributed by atoms with Crippen molar-refractivity contribution in [3.05, 3.63) is 77.6 Å². The minimum Gasteiger partial charge on any atom is -0.483 e. The second-order valence-electron chi connectivity index (χ2n) is 10.8. The van der Waals surface area contributed by atoms with Crippen LogP contribution in [0.3, 0.4) is 0 Å². The highest BCUT2D eigenvalue weighted by Crippen LogP contribution is 2.61. The number of benzene rings is 3. The van der Waals surface area contributed by atoms with E-state index in [1.54, 1.807) is 24.3 Å². The summed E-state index contributed by atoms with van der Waals surface area (Å²) in [5.74, 6) is -0.196. The van der Waals surface area contributed by atoms with Crippen LogP contribution in [0, 0.1) is 17.7 Å². The summed E-state index contributed by atoms with van der Waals surface area (Å²) in [7, 11) is 1.44. The van der Waals surface area contributed by atoms with E-state index in [2.05, 4.69) is 17.6 Å². The van der Waals surface area contributed by atoms with E-state index in [9.17, 15) is 27.2 Å². The number of amides is 2. The van der Waals surface area contributed by atoms with Crippen molar-refractivity contribution in [2.45, 2.75) is 31.5 Å². The van der Waals surface area contributed by atoms with Gasteiger partial charge in [0, 0.05) is 40.7 Å². The molecule has 0 radical (unpaired) electrons. The van der Waals surface area contributed by atoms with Gasteiger partial charge in [-0.15, -0.1) is 0 Å². The lowest BCUT2D eigenvalue weighted by atomic mass is 9.43. The maximum absolute atomic E-state index is 13.6. The summed E-state index contributed by atoms with van der Waals surface area (Å²) < 4.78 is 64.3. The lowest BCUT2D eigenvalue weighted by Gasteiger charge is -2.67. The lowest BCUT2D eigenvalue weighted by Crippen LogP contribution is -2.74. The van der Waals surface area contributed by atoms with Gasteiger partial charge in [-0.25, -0.2) is 4.39 Å². The average Bonchev–Trinajstić information content (AvgIpc) is 3.31. The van der Waals surface area contributed by atoms with Crippen LogP contribution in [0.25, 0.3) is 33.4 Å². The normalized spacial score (nSPS) is 21.1. The van der Waals surface area contributed by atoms with Crippen molar-refractivity contribution in [1.29, 1.82) is 0 Å². The molecule has 0 aliphatic heterocycles. The fourth-order valence-corrected chi connectivity index (χ4v) is 5.86. The molecule has 3 aliphatic carbocycles. The van der Waals surface area contributed by atoms with E-state index in [4.69, 9.17) is 9.15 Å². The fraction of sp³-hybridized carbons (Fsp3) is 0.290. The molecule has 0 spiro atoms. The summed E-state index contributed by atoms with van der Waals surface area (Å²) >= 11 is 0. The molecule has 3 aliphatic rings. The Morgan fingerprint density at radius 3 is 2.37 bits per heavy atom. The quantitative estimate of drug-likeness (QED) is 0.243. The zero-order valence-electron chi connectivity index (χ0n) is 22.2.